The SMILES string of the molecule is CC1(C)CCC(Nc2cnc(C(N)=S)cn2)C1. The van der Waals surface area contributed by atoms with Crippen molar-refractivity contribution in [3.8, 4) is 0 Å². The second-order valence-electron chi connectivity index (χ2n) is 5.40. The highest BCUT2D eigenvalue weighted by atomic mass is 32.1. The minimum Gasteiger partial charge on any atom is -0.388 e. The van der Waals surface area contributed by atoms with Gasteiger partial charge in [-0.1, -0.05) is 26.1 Å². The van der Waals surface area contributed by atoms with Gasteiger partial charge in [0.15, 0.2) is 0 Å². The van der Waals surface area contributed by atoms with E-state index < -0.39 is 0 Å². The van der Waals surface area contributed by atoms with Gasteiger partial charge in [-0.05, 0) is 24.7 Å². The molecule has 17 heavy (non-hydrogen) atoms. The third-order valence-electron chi connectivity index (χ3n) is 3.22. The molecular formula is C12H18N4S. The van der Waals surface area contributed by atoms with Crippen molar-refractivity contribution in [2.75, 3.05) is 5.32 Å². The van der Waals surface area contributed by atoms with E-state index in [-0.39, 0.29) is 4.99 Å². The average molecular weight is 250 g/mol. The molecule has 2 rings (SSSR count). The maximum absolute atomic E-state index is 5.47. The number of nitrogens with one attached hydrogen (secondary N) is 1. The van der Waals surface area contributed by atoms with Crippen LogP contribution in [0.5, 0.6) is 0 Å². The molecule has 1 aliphatic carbocycles. The van der Waals surface area contributed by atoms with E-state index in [1.165, 1.54) is 19.3 Å². The highest BCUT2D eigenvalue weighted by Crippen LogP contribution is 2.37. The molecule has 1 aliphatic rings. The van der Waals surface area contributed by atoms with E-state index in [0.29, 0.717) is 17.2 Å². The zero-order chi connectivity index (χ0) is 12.5. The molecule has 4 nitrogen and oxygen atoms in total. The number of thiocarbonyl (C=S) groups is 1. The molecule has 92 valence electrons. The summed E-state index contributed by atoms with van der Waals surface area (Å²) in [6.45, 7) is 4.60. The van der Waals surface area contributed by atoms with E-state index in [1.807, 2.05) is 0 Å². The van der Waals surface area contributed by atoms with Crippen LogP contribution in [0.2, 0.25) is 0 Å². The Hall–Kier alpha value is -1.23. The Morgan fingerprint density at radius 1 is 1.47 bits per heavy atom. The zero-order valence-electron chi connectivity index (χ0n) is 10.2. The molecule has 1 aromatic heterocycles. The van der Waals surface area contributed by atoms with E-state index >= 15 is 0 Å². The van der Waals surface area contributed by atoms with Crippen molar-refractivity contribution in [1.82, 2.24) is 9.97 Å². The van der Waals surface area contributed by atoms with Crippen LogP contribution < -0.4 is 11.1 Å². The third-order valence-corrected chi connectivity index (χ3v) is 3.43. The first-order valence-corrected chi connectivity index (χ1v) is 6.25. The Balaban J connectivity index is 1.98. The standard InChI is InChI=1S/C12H18N4S/c1-12(2)4-3-8(5-12)16-10-7-14-9(6-15-10)11(13)17/h6-8H,3-5H2,1-2H3,(H2,13,17)(H,15,16). The van der Waals surface area contributed by atoms with Crippen molar-refractivity contribution in [2.45, 2.75) is 39.2 Å². The normalized spacial score (nSPS) is 22.4. The van der Waals surface area contributed by atoms with Crippen LogP contribution in [0.3, 0.4) is 0 Å². The molecule has 1 atom stereocenters. The first kappa shape index (κ1) is 12.2. The minimum atomic E-state index is 0.283. The summed E-state index contributed by atoms with van der Waals surface area (Å²) >= 11 is 4.83. The van der Waals surface area contributed by atoms with Gasteiger partial charge in [0.25, 0.3) is 0 Å². The van der Waals surface area contributed by atoms with Gasteiger partial charge in [0.05, 0.1) is 12.4 Å². The lowest BCUT2D eigenvalue weighted by Gasteiger charge is -2.18. The van der Waals surface area contributed by atoms with Gasteiger partial charge in [0.2, 0.25) is 0 Å². The molecule has 1 aromatic rings. The topological polar surface area (TPSA) is 63.8 Å². The Labute approximate surface area is 107 Å². The summed E-state index contributed by atoms with van der Waals surface area (Å²) in [6, 6.07) is 0.495. The van der Waals surface area contributed by atoms with Crippen molar-refractivity contribution in [3.05, 3.63) is 18.1 Å². The molecule has 1 saturated carbocycles. The number of hydrogen-bond donors (Lipinski definition) is 2. The van der Waals surface area contributed by atoms with E-state index in [0.717, 1.165) is 5.82 Å². The number of aromatic nitrogens is 2. The predicted molar refractivity (Wildman–Crippen MR) is 73.0 cm³/mol. The summed E-state index contributed by atoms with van der Waals surface area (Å²) in [5.41, 5.74) is 6.47. The molecular weight excluding hydrogens is 232 g/mol. The smallest absolute Gasteiger partial charge is 0.144 e. The van der Waals surface area contributed by atoms with E-state index in [4.69, 9.17) is 18.0 Å². The molecule has 5 heteroatoms. The van der Waals surface area contributed by atoms with Crippen molar-refractivity contribution < 1.29 is 0 Å². The van der Waals surface area contributed by atoms with Crippen molar-refractivity contribution >= 4 is 23.0 Å². The fraction of sp³-hybridized carbons (Fsp3) is 0.583. The molecule has 1 unspecified atom stereocenters. The Morgan fingerprint density at radius 3 is 2.71 bits per heavy atom. The zero-order valence-corrected chi connectivity index (χ0v) is 11.0. The lowest BCUT2D eigenvalue weighted by molar-refractivity contribution is 0.378. The van der Waals surface area contributed by atoms with Gasteiger partial charge in [-0.15, -0.1) is 0 Å². The van der Waals surface area contributed by atoms with Gasteiger partial charge in [0, 0.05) is 6.04 Å². The van der Waals surface area contributed by atoms with E-state index in [2.05, 4.69) is 29.1 Å². The maximum Gasteiger partial charge on any atom is 0.144 e. The fourth-order valence-electron chi connectivity index (χ4n) is 2.30. The molecule has 0 aliphatic heterocycles. The van der Waals surface area contributed by atoms with Crippen LogP contribution in [0.1, 0.15) is 38.8 Å². The van der Waals surface area contributed by atoms with E-state index in [1.54, 1.807) is 12.4 Å². The first-order valence-electron chi connectivity index (χ1n) is 5.85. The summed E-state index contributed by atoms with van der Waals surface area (Å²) < 4.78 is 0. The summed E-state index contributed by atoms with van der Waals surface area (Å²) in [5, 5.41) is 3.40. The second-order valence-corrected chi connectivity index (χ2v) is 5.84. The van der Waals surface area contributed by atoms with Crippen LogP contribution in [0.25, 0.3) is 0 Å². The minimum absolute atomic E-state index is 0.283. The lowest BCUT2D eigenvalue weighted by Crippen LogP contribution is -2.19. The second kappa shape index (κ2) is 4.56. The van der Waals surface area contributed by atoms with Crippen LogP contribution >= 0.6 is 12.2 Å². The summed E-state index contributed by atoms with van der Waals surface area (Å²) in [7, 11) is 0. The first-order chi connectivity index (χ1) is 7.96. The van der Waals surface area contributed by atoms with Gasteiger partial charge in [-0.3, -0.25) is 0 Å². The van der Waals surface area contributed by atoms with Gasteiger partial charge in [-0.25, -0.2) is 9.97 Å². The summed E-state index contributed by atoms with van der Waals surface area (Å²) in [5.74, 6) is 0.799. The van der Waals surface area contributed by atoms with Crippen LogP contribution in [-0.4, -0.2) is 21.0 Å². The fourth-order valence-corrected chi connectivity index (χ4v) is 2.40. The van der Waals surface area contributed by atoms with Crippen LogP contribution in [0.15, 0.2) is 12.4 Å². The van der Waals surface area contributed by atoms with Gasteiger partial charge in [-0.2, -0.15) is 0 Å². The average Bonchev–Trinajstić information content (AvgIpc) is 2.59. The molecule has 0 amide bonds. The van der Waals surface area contributed by atoms with E-state index in [9.17, 15) is 0 Å². The molecule has 3 N–H and O–H groups in total. The van der Waals surface area contributed by atoms with Crippen LogP contribution in [0.4, 0.5) is 5.82 Å². The number of nitrogens with zero attached hydrogens (tertiary/aromatic N) is 2. The molecule has 0 saturated heterocycles. The molecule has 0 aromatic carbocycles. The van der Waals surface area contributed by atoms with Gasteiger partial charge >= 0.3 is 0 Å². The number of anilines is 1. The highest BCUT2D eigenvalue weighted by molar-refractivity contribution is 7.80. The molecule has 0 radical (unpaired) electrons. The number of nitrogens with two attached hydrogens (primary N) is 1. The van der Waals surface area contributed by atoms with Crippen molar-refractivity contribution in [2.24, 2.45) is 11.1 Å². The predicted octanol–water partition coefficient (Wildman–Crippen LogP) is 2.10. The Kier molecular flexibility index (Phi) is 3.28. The quantitative estimate of drug-likeness (QED) is 0.804. The summed E-state index contributed by atoms with van der Waals surface area (Å²) in [6.07, 6.45) is 6.92. The molecule has 1 heterocycles. The number of hydrogen-bond acceptors (Lipinski definition) is 4. The molecule has 1 fully saturated rings. The lowest BCUT2D eigenvalue weighted by atomic mass is 9.92. The molecule has 0 bridgehead atoms. The highest BCUT2D eigenvalue weighted by Gasteiger charge is 2.30. The monoisotopic (exact) mass is 250 g/mol. The van der Waals surface area contributed by atoms with Crippen molar-refractivity contribution in [1.29, 1.82) is 0 Å². The Bertz CT molecular complexity index is 413. The maximum atomic E-state index is 5.47. The number of rotatable bonds is 3. The van der Waals surface area contributed by atoms with Crippen LogP contribution in [0, 0.1) is 5.41 Å². The van der Waals surface area contributed by atoms with Gasteiger partial charge < -0.3 is 11.1 Å². The van der Waals surface area contributed by atoms with Gasteiger partial charge in [0.1, 0.15) is 16.5 Å². The third kappa shape index (κ3) is 3.12. The Morgan fingerprint density at radius 2 is 2.24 bits per heavy atom. The van der Waals surface area contributed by atoms with Crippen molar-refractivity contribution in [3.63, 3.8) is 0 Å². The summed E-state index contributed by atoms with van der Waals surface area (Å²) in [4.78, 5) is 8.72. The van der Waals surface area contributed by atoms with Crippen LogP contribution in [-0.2, 0) is 0 Å². The largest absolute Gasteiger partial charge is 0.388 e. The molecule has 0 spiro atoms.